The Balaban J connectivity index is 1.34. The second kappa shape index (κ2) is 10.4. The molecule has 0 aliphatic carbocycles. The van der Waals surface area contributed by atoms with Gasteiger partial charge >= 0.3 is 0 Å². The maximum Gasteiger partial charge on any atom is 0.262 e. The lowest BCUT2D eigenvalue weighted by molar-refractivity contribution is -0.116. The predicted molar refractivity (Wildman–Crippen MR) is 128 cm³/mol. The van der Waals surface area contributed by atoms with Crippen molar-refractivity contribution < 1.29 is 27.5 Å². The Hall–Kier alpha value is -3.85. The average Bonchev–Trinajstić information content (AvgIpc) is 3.09. The molecule has 3 aromatic carbocycles. The highest BCUT2D eigenvalue weighted by Gasteiger charge is 2.19. The van der Waals surface area contributed by atoms with Gasteiger partial charge in [0.05, 0.1) is 18.1 Å². The number of carbonyl (C=O) groups excluding carboxylic acids is 2. The lowest BCUT2D eigenvalue weighted by Crippen LogP contribution is -2.14. The number of ketones is 1. The van der Waals surface area contributed by atoms with E-state index in [2.05, 4.69) is 10.0 Å². The van der Waals surface area contributed by atoms with E-state index in [9.17, 15) is 18.0 Å². The van der Waals surface area contributed by atoms with Crippen LogP contribution in [0, 0.1) is 0 Å². The standard InChI is InChI=1S/C25H24N2O6S/c28-22(18-5-2-1-3-6-18)12-14-25(29)26-19-7-9-20(10-8-19)27-34(30,31)21-11-13-23-24(17-21)33-16-4-15-32-23/h1-3,5-11,13,17,27H,4,12,14-16H2,(H,26,29). The van der Waals surface area contributed by atoms with E-state index in [0.717, 1.165) is 6.42 Å². The lowest BCUT2D eigenvalue weighted by atomic mass is 10.1. The molecule has 34 heavy (non-hydrogen) atoms. The van der Waals surface area contributed by atoms with Gasteiger partial charge in [0.1, 0.15) is 0 Å². The lowest BCUT2D eigenvalue weighted by Gasteiger charge is -2.12. The highest BCUT2D eigenvalue weighted by atomic mass is 32.2. The van der Waals surface area contributed by atoms with Crippen LogP contribution >= 0.6 is 0 Å². The van der Waals surface area contributed by atoms with Crippen molar-refractivity contribution in [2.75, 3.05) is 23.3 Å². The summed E-state index contributed by atoms with van der Waals surface area (Å²) in [7, 11) is -3.85. The van der Waals surface area contributed by atoms with Gasteiger partial charge in [0.15, 0.2) is 17.3 Å². The molecular weight excluding hydrogens is 456 g/mol. The summed E-state index contributed by atoms with van der Waals surface area (Å²) in [5.74, 6) is 0.506. The van der Waals surface area contributed by atoms with Crippen LogP contribution in [0.25, 0.3) is 0 Å². The van der Waals surface area contributed by atoms with Crippen molar-refractivity contribution in [3.05, 3.63) is 78.4 Å². The SMILES string of the molecule is O=C(CCC(=O)c1ccccc1)Nc1ccc(NS(=O)(=O)c2ccc3c(c2)OCCCO3)cc1. The molecule has 1 amide bonds. The van der Waals surface area contributed by atoms with Gasteiger partial charge in [0.25, 0.3) is 10.0 Å². The van der Waals surface area contributed by atoms with E-state index < -0.39 is 10.0 Å². The zero-order chi connectivity index (χ0) is 24.0. The molecule has 176 valence electrons. The molecule has 1 heterocycles. The molecule has 4 rings (SSSR count). The molecule has 2 N–H and O–H groups in total. The minimum atomic E-state index is -3.85. The van der Waals surface area contributed by atoms with Crippen LogP contribution in [0.15, 0.2) is 77.7 Å². The number of nitrogens with one attached hydrogen (secondary N) is 2. The monoisotopic (exact) mass is 480 g/mol. The molecule has 9 heteroatoms. The van der Waals surface area contributed by atoms with Gasteiger partial charge in [0.2, 0.25) is 5.91 Å². The number of benzene rings is 3. The topological polar surface area (TPSA) is 111 Å². The van der Waals surface area contributed by atoms with Gasteiger partial charge in [-0.2, -0.15) is 0 Å². The van der Waals surface area contributed by atoms with Crippen molar-refractivity contribution in [2.24, 2.45) is 0 Å². The molecular formula is C25H24N2O6S. The molecule has 0 fully saturated rings. The molecule has 1 aliphatic rings. The minimum absolute atomic E-state index is 0.0478. The number of hydrogen-bond donors (Lipinski definition) is 2. The molecule has 1 aliphatic heterocycles. The summed E-state index contributed by atoms with van der Waals surface area (Å²) in [4.78, 5) is 24.4. The van der Waals surface area contributed by atoms with Crippen LogP contribution in [-0.2, 0) is 14.8 Å². The Morgan fingerprint density at radius 3 is 2.21 bits per heavy atom. The van der Waals surface area contributed by atoms with E-state index in [1.165, 1.54) is 12.1 Å². The Morgan fingerprint density at radius 1 is 0.794 bits per heavy atom. The smallest absolute Gasteiger partial charge is 0.262 e. The van der Waals surface area contributed by atoms with Crippen molar-refractivity contribution in [2.45, 2.75) is 24.2 Å². The van der Waals surface area contributed by atoms with E-state index in [1.807, 2.05) is 6.07 Å². The molecule has 0 unspecified atom stereocenters. The van der Waals surface area contributed by atoms with E-state index in [0.29, 0.717) is 41.7 Å². The Bertz CT molecular complexity index is 1270. The molecule has 0 atom stereocenters. The van der Waals surface area contributed by atoms with Gasteiger partial charge in [0, 0.05) is 42.3 Å². The van der Waals surface area contributed by atoms with E-state index in [1.54, 1.807) is 54.6 Å². The number of hydrogen-bond acceptors (Lipinski definition) is 6. The average molecular weight is 481 g/mol. The maximum atomic E-state index is 12.8. The summed E-state index contributed by atoms with van der Waals surface area (Å²) in [5, 5.41) is 2.71. The second-order valence-electron chi connectivity index (χ2n) is 7.68. The van der Waals surface area contributed by atoms with Gasteiger partial charge < -0.3 is 14.8 Å². The summed E-state index contributed by atoms with van der Waals surface area (Å²) < 4.78 is 39.2. The number of anilines is 2. The molecule has 0 spiro atoms. The Labute approximate surface area is 198 Å². The summed E-state index contributed by atoms with van der Waals surface area (Å²) in [6.07, 6.45) is 0.872. The molecule has 0 bridgehead atoms. The quantitative estimate of drug-likeness (QED) is 0.467. The van der Waals surface area contributed by atoms with Crippen molar-refractivity contribution in [3.63, 3.8) is 0 Å². The Kier molecular flexibility index (Phi) is 7.12. The minimum Gasteiger partial charge on any atom is -0.490 e. The summed E-state index contributed by atoms with van der Waals surface area (Å²) in [5.41, 5.74) is 1.40. The molecule has 0 aromatic heterocycles. The van der Waals surface area contributed by atoms with Crippen molar-refractivity contribution >= 4 is 33.1 Å². The molecule has 8 nitrogen and oxygen atoms in total. The van der Waals surface area contributed by atoms with Crippen LogP contribution in [0.2, 0.25) is 0 Å². The number of carbonyl (C=O) groups is 2. The van der Waals surface area contributed by atoms with Gasteiger partial charge in [-0.3, -0.25) is 14.3 Å². The number of ether oxygens (including phenoxy) is 2. The molecule has 0 saturated heterocycles. The summed E-state index contributed by atoms with van der Waals surface area (Å²) in [6, 6.07) is 19.5. The number of sulfonamides is 1. The van der Waals surface area contributed by atoms with Crippen LogP contribution in [0.5, 0.6) is 11.5 Å². The maximum absolute atomic E-state index is 12.8. The highest BCUT2D eigenvalue weighted by molar-refractivity contribution is 7.92. The van der Waals surface area contributed by atoms with Crippen LogP contribution in [0.1, 0.15) is 29.6 Å². The van der Waals surface area contributed by atoms with Crippen molar-refractivity contribution in [1.82, 2.24) is 0 Å². The number of amides is 1. The largest absolute Gasteiger partial charge is 0.490 e. The third-order valence-electron chi connectivity index (χ3n) is 5.13. The van der Waals surface area contributed by atoms with Crippen LogP contribution in [0.3, 0.4) is 0 Å². The van der Waals surface area contributed by atoms with Crippen molar-refractivity contribution in [1.29, 1.82) is 0 Å². The molecule has 0 radical (unpaired) electrons. The number of fused-ring (bicyclic) bond motifs is 1. The first-order chi connectivity index (χ1) is 16.4. The number of rotatable bonds is 8. The zero-order valence-corrected chi connectivity index (χ0v) is 19.1. The van der Waals surface area contributed by atoms with Crippen LogP contribution in [-0.4, -0.2) is 33.3 Å². The predicted octanol–water partition coefficient (Wildman–Crippen LogP) is 4.25. The van der Waals surface area contributed by atoms with Gasteiger partial charge in [-0.25, -0.2) is 8.42 Å². The third-order valence-corrected chi connectivity index (χ3v) is 6.50. The number of Topliss-reactive ketones (excluding diaryl/α,β-unsaturated/α-hetero) is 1. The summed E-state index contributed by atoms with van der Waals surface area (Å²) >= 11 is 0. The van der Waals surface area contributed by atoms with Gasteiger partial charge in [-0.1, -0.05) is 30.3 Å². The van der Waals surface area contributed by atoms with E-state index in [4.69, 9.17) is 9.47 Å². The normalized spacial score (nSPS) is 12.9. The first-order valence-electron chi connectivity index (χ1n) is 10.8. The zero-order valence-electron chi connectivity index (χ0n) is 18.3. The Morgan fingerprint density at radius 2 is 1.47 bits per heavy atom. The first-order valence-corrected chi connectivity index (χ1v) is 12.3. The second-order valence-corrected chi connectivity index (χ2v) is 9.36. The molecule has 3 aromatic rings. The fourth-order valence-electron chi connectivity index (χ4n) is 3.37. The first kappa shape index (κ1) is 23.3. The van der Waals surface area contributed by atoms with E-state index in [-0.39, 0.29) is 29.4 Å². The highest BCUT2D eigenvalue weighted by Crippen LogP contribution is 2.32. The van der Waals surface area contributed by atoms with E-state index >= 15 is 0 Å². The van der Waals surface area contributed by atoms with Crippen LogP contribution in [0.4, 0.5) is 11.4 Å². The fourth-order valence-corrected chi connectivity index (χ4v) is 4.44. The van der Waals surface area contributed by atoms with Gasteiger partial charge in [-0.15, -0.1) is 0 Å². The third kappa shape index (κ3) is 5.93. The fraction of sp³-hybridized carbons (Fsp3) is 0.200. The molecule has 0 saturated carbocycles. The van der Waals surface area contributed by atoms with Gasteiger partial charge in [-0.05, 0) is 36.4 Å². The van der Waals surface area contributed by atoms with Crippen LogP contribution < -0.4 is 19.5 Å². The van der Waals surface area contributed by atoms with Crippen molar-refractivity contribution in [3.8, 4) is 11.5 Å². The summed E-state index contributed by atoms with van der Waals surface area (Å²) in [6.45, 7) is 0.973.